The average Bonchev–Trinajstić information content (AvgIpc) is 3.17. The minimum absolute atomic E-state index is 0.231. The number of nitrogens with one attached hydrogen (secondary N) is 1. The maximum atomic E-state index is 4.42. The normalized spacial score (nSPS) is 12.7. The van der Waals surface area contributed by atoms with Crippen molar-refractivity contribution >= 4 is 11.3 Å². The Hall–Kier alpha value is -2.05. The van der Waals surface area contributed by atoms with Gasteiger partial charge in [-0.25, -0.2) is 0 Å². The molecule has 0 saturated heterocycles. The molecule has 0 saturated carbocycles. The zero-order valence-electron chi connectivity index (χ0n) is 12.9. The fraction of sp³-hybridized carbons (Fsp3) is 0.312. The molecule has 0 amide bonds. The van der Waals surface area contributed by atoms with Crippen LogP contribution >= 0.6 is 11.3 Å². The first-order valence-electron chi connectivity index (χ1n) is 7.23. The van der Waals surface area contributed by atoms with Crippen molar-refractivity contribution in [3.05, 3.63) is 52.1 Å². The molecule has 1 N–H and O–H groups in total. The molecule has 0 unspecified atom stereocenters. The summed E-state index contributed by atoms with van der Waals surface area (Å²) in [6.45, 7) is 4.92. The SMILES string of the molecule is Cc1nnc(CN(C)[C@@H](C)c2cc(-c3ccccc3)n[nH]2)s1. The van der Waals surface area contributed by atoms with E-state index in [0.29, 0.717) is 0 Å². The third-order valence-corrected chi connectivity index (χ3v) is 4.55. The van der Waals surface area contributed by atoms with Crippen molar-refractivity contribution in [1.82, 2.24) is 25.3 Å². The number of benzene rings is 1. The van der Waals surface area contributed by atoms with Crippen molar-refractivity contribution in [2.24, 2.45) is 0 Å². The molecule has 0 bridgehead atoms. The molecule has 0 aliphatic rings. The number of hydrogen-bond donors (Lipinski definition) is 1. The van der Waals surface area contributed by atoms with E-state index in [0.717, 1.165) is 33.5 Å². The smallest absolute Gasteiger partial charge is 0.131 e. The van der Waals surface area contributed by atoms with Crippen LogP contribution in [0.1, 0.15) is 28.7 Å². The Kier molecular flexibility index (Phi) is 4.31. The van der Waals surface area contributed by atoms with Crippen LogP contribution in [-0.4, -0.2) is 32.3 Å². The van der Waals surface area contributed by atoms with Gasteiger partial charge in [-0.05, 0) is 27.0 Å². The van der Waals surface area contributed by atoms with E-state index in [1.165, 1.54) is 0 Å². The van der Waals surface area contributed by atoms with Crippen LogP contribution in [0.5, 0.6) is 0 Å². The van der Waals surface area contributed by atoms with E-state index < -0.39 is 0 Å². The molecule has 6 heteroatoms. The highest BCUT2D eigenvalue weighted by Crippen LogP contribution is 2.24. The van der Waals surface area contributed by atoms with Crippen molar-refractivity contribution in [2.75, 3.05) is 7.05 Å². The standard InChI is InChI=1S/C16H19N5S/c1-11(21(3)10-16-20-17-12(2)22-16)14-9-15(19-18-14)13-7-5-4-6-8-13/h4-9,11H,10H2,1-3H3,(H,18,19)/t11-/m0/s1. The first-order chi connectivity index (χ1) is 10.6. The molecule has 114 valence electrons. The van der Waals surface area contributed by atoms with Crippen molar-refractivity contribution in [1.29, 1.82) is 0 Å². The van der Waals surface area contributed by atoms with Crippen LogP contribution in [0.25, 0.3) is 11.3 Å². The van der Waals surface area contributed by atoms with Gasteiger partial charge in [-0.1, -0.05) is 30.3 Å². The fourth-order valence-electron chi connectivity index (χ4n) is 2.30. The Labute approximate surface area is 134 Å². The molecule has 22 heavy (non-hydrogen) atoms. The molecule has 0 spiro atoms. The van der Waals surface area contributed by atoms with Gasteiger partial charge in [-0.3, -0.25) is 10.00 Å². The van der Waals surface area contributed by atoms with Gasteiger partial charge in [0.1, 0.15) is 10.0 Å². The predicted molar refractivity (Wildman–Crippen MR) is 88.6 cm³/mol. The maximum Gasteiger partial charge on any atom is 0.131 e. The number of aromatic nitrogens is 4. The van der Waals surface area contributed by atoms with Gasteiger partial charge >= 0.3 is 0 Å². The lowest BCUT2D eigenvalue weighted by molar-refractivity contribution is 0.247. The number of aromatic amines is 1. The van der Waals surface area contributed by atoms with E-state index >= 15 is 0 Å². The van der Waals surface area contributed by atoms with Crippen LogP contribution in [0, 0.1) is 6.92 Å². The fourth-order valence-corrected chi connectivity index (χ4v) is 3.07. The first-order valence-corrected chi connectivity index (χ1v) is 8.05. The molecule has 0 fully saturated rings. The molecule has 1 aromatic carbocycles. The van der Waals surface area contributed by atoms with Crippen LogP contribution in [0.2, 0.25) is 0 Å². The molecule has 1 atom stereocenters. The van der Waals surface area contributed by atoms with Gasteiger partial charge in [0.25, 0.3) is 0 Å². The zero-order chi connectivity index (χ0) is 15.5. The molecule has 0 radical (unpaired) electrons. The lowest BCUT2D eigenvalue weighted by atomic mass is 10.1. The van der Waals surface area contributed by atoms with E-state index in [2.05, 4.69) is 57.5 Å². The molecule has 3 rings (SSSR count). The summed E-state index contributed by atoms with van der Waals surface area (Å²) in [5.41, 5.74) is 3.20. The molecule has 0 aliphatic heterocycles. The van der Waals surface area contributed by atoms with Crippen LogP contribution in [0.3, 0.4) is 0 Å². The van der Waals surface area contributed by atoms with Gasteiger partial charge in [-0.2, -0.15) is 5.10 Å². The summed E-state index contributed by atoms with van der Waals surface area (Å²) in [5.74, 6) is 0. The molecule has 0 aliphatic carbocycles. The zero-order valence-corrected chi connectivity index (χ0v) is 13.8. The van der Waals surface area contributed by atoms with Crippen LogP contribution < -0.4 is 0 Å². The lowest BCUT2D eigenvalue weighted by Gasteiger charge is -2.22. The van der Waals surface area contributed by atoms with Crippen molar-refractivity contribution in [3.8, 4) is 11.3 Å². The number of aryl methyl sites for hydroxylation is 1. The largest absolute Gasteiger partial charge is 0.291 e. The minimum atomic E-state index is 0.231. The Morgan fingerprint density at radius 2 is 2.00 bits per heavy atom. The second kappa shape index (κ2) is 6.37. The summed E-state index contributed by atoms with van der Waals surface area (Å²) in [7, 11) is 2.09. The summed E-state index contributed by atoms with van der Waals surface area (Å²) >= 11 is 1.64. The third-order valence-electron chi connectivity index (χ3n) is 3.73. The highest BCUT2D eigenvalue weighted by Gasteiger charge is 2.16. The molecular weight excluding hydrogens is 294 g/mol. The van der Waals surface area contributed by atoms with Crippen LogP contribution in [0.4, 0.5) is 0 Å². The predicted octanol–water partition coefficient (Wildman–Crippen LogP) is 3.43. The van der Waals surface area contributed by atoms with E-state index in [4.69, 9.17) is 0 Å². The average molecular weight is 313 g/mol. The Balaban J connectivity index is 1.72. The number of H-pyrrole nitrogens is 1. The highest BCUT2D eigenvalue weighted by atomic mass is 32.1. The van der Waals surface area contributed by atoms with E-state index in [-0.39, 0.29) is 6.04 Å². The summed E-state index contributed by atoms with van der Waals surface area (Å²) < 4.78 is 0. The highest BCUT2D eigenvalue weighted by molar-refractivity contribution is 7.11. The second-order valence-electron chi connectivity index (χ2n) is 5.38. The summed E-state index contributed by atoms with van der Waals surface area (Å²) in [6, 6.07) is 12.5. The lowest BCUT2D eigenvalue weighted by Crippen LogP contribution is -2.22. The van der Waals surface area contributed by atoms with E-state index in [1.807, 2.05) is 25.1 Å². The topological polar surface area (TPSA) is 57.7 Å². The van der Waals surface area contributed by atoms with Gasteiger partial charge < -0.3 is 0 Å². The van der Waals surface area contributed by atoms with Crippen molar-refractivity contribution in [3.63, 3.8) is 0 Å². The third kappa shape index (κ3) is 3.23. The summed E-state index contributed by atoms with van der Waals surface area (Å²) in [4.78, 5) is 2.24. The molecule has 2 aromatic heterocycles. The van der Waals surface area contributed by atoms with E-state index in [1.54, 1.807) is 11.3 Å². The number of hydrogen-bond acceptors (Lipinski definition) is 5. The Morgan fingerprint density at radius 3 is 2.68 bits per heavy atom. The van der Waals surface area contributed by atoms with Crippen molar-refractivity contribution < 1.29 is 0 Å². The molecule has 5 nitrogen and oxygen atoms in total. The molecule has 2 heterocycles. The Morgan fingerprint density at radius 1 is 1.23 bits per heavy atom. The summed E-state index contributed by atoms with van der Waals surface area (Å²) in [6.07, 6.45) is 0. The first kappa shape index (κ1) is 14.9. The Bertz CT molecular complexity index is 734. The number of nitrogens with zero attached hydrogens (tertiary/aromatic N) is 4. The van der Waals surface area contributed by atoms with Gasteiger partial charge in [0.05, 0.1) is 17.9 Å². The quantitative estimate of drug-likeness (QED) is 0.784. The molecular formula is C16H19N5S. The van der Waals surface area contributed by atoms with Gasteiger partial charge in [0.2, 0.25) is 0 Å². The van der Waals surface area contributed by atoms with Crippen LogP contribution in [0.15, 0.2) is 36.4 Å². The van der Waals surface area contributed by atoms with Crippen molar-refractivity contribution in [2.45, 2.75) is 26.4 Å². The van der Waals surface area contributed by atoms with Gasteiger partial charge in [-0.15, -0.1) is 21.5 Å². The van der Waals surface area contributed by atoms with E-state index in [9.17, 15) is 0 Å². The summed E-state index contributed by atoms with van der Waals surface area (Å²) in [5, 5.41) is 17.9. The van der Waals surface area contributed by atoms with Crippen LogP contribution in [-0.2, 0) is 6.54 Å². The maximum absolute atomic E-state index is 4.42. The van der Waals surface area contributed by atoms with Gasteiger partial charge in [0.15, 0.2) is 0 Å². The van der Waals surface area contributed by atoms with Gasteiger partial charge in [0, 0.05) is 11.6 Å². The second-order valence-corrected chi connectivity index (χ2v) is 6.65. The minimum Gasteiger partial charge on any atom is -0.291 e. The monoisotopic (exact) mass is 313 g/mol. The number of rotatable bonds is 5. The molecule has 3 aromatic rings.